The highest BCUT2D eigenvalue weighted by Crippen LogP contribution is 2.24. The first kappa shape index (κ1) is 27.8. The third kappa shape index (κ3) is 7.53. The first-order chi connectivity index (χ1) is 17.1. The second-order valence-electron chi connectivity index (χ2n) is 7.56. The van der Waals surface area contributed by atoms with E-state index in [0.29, 0.717) is 17.7 Å². The molecule has 0 fully saturated rings. The van der Waals surface area contributed by atoms with Crippen molar-refractivity contribution in [1.82, 2.24) is 16.1 Å². The highest BCUT2D eigenvalue weighted by Gasteiger charge is 2.48. The highest BCUT2D eigenvalue weighted by molar-refractivity contribution is 5.98. The molecule has 0 bridgehead atoms. The van der Waals surface area contributed by atoms with E-state index < -0.39 is 35.9 Å². The van der Waals surface area contributed by atoms with Crippen molar-refractivity contribution < 1.29 is 33.1 Å². The summed E-state index contributed by atoms with van der Waals surface area (Å²) in [5.74, 6) is 8.98. The van der Waals surface area contributed by atoms with Crippen molar-refractivity contribution in [3.63, 3.8) is 0 Å². The van der Waals surface area contributed by atoms with E-state index in [9.17, 15) is 23.2 Å². The fourth-order valence-electron chi connectivity index (χ4n) is 2.89. The summed E-state index contributed by atoms with van der Waals surface area (Å²) in [6.07, 6.45) is -3.14. The molecule has 0 saturated heterocycles. The van der Waals surface area contributed by atoms with Crippen molar-refractivity contribution in [2.75, 3.05) is 7.11 Å². The number of halogens is 2. The van der Waals surface area contributed by atoms with Crippen molar-refractivity contribution in [2.45, 2.75) is 31.5 Å². The van der Waals surface area contributed by atoms with Crippen LogP contribution in [0, 0.1) is 23.7 Å². The third-order valence-electron chi connectivity index (χ3n) is 5.14. The topological polar surface area (TPSA) is 143 Å². The number of rotatable bonds is 8. The van der Waals surface area contributed by atoms with Gasteiger partial charge in [0, 0.05) is 30.3 Å². The fourth-order valence-corrected chi connectivity index (χ4v) is 2.89. The Labute approximate surface area is 206 Å². The van der Waals surface area contributed by atoms with Gasteiger partial charge < -0.3 is 21.1 Å². The van der Waals surface area contributed by atoms with Crippen molar-refractivity contribution in [2.24, 2.45) is 5.73 Å². The lowest BCUT2D eigenvalue weighted by molar-refractivity contribution is -0.157. The van der Waals surface area contributed by atoms with Gasteiger partial charge in [0.1, 0.15) is 6.04 Å². The molecule has 0 aliphatic heterocycles. The van der Waals surface area contributed by atoms with Crippen LogP contribution in [-0.4, -0.2) is 48.2 Å². The van der Waals surface area contributed by atoms with E-state index in [4.69, 9.17) is 15.7 Å². The molecule has 0 saturated carbocycles. The normalized spacial score (nSPS) is 12.6. The predicted octanol–water partition coefficient (Wildman–Crippen LogP) is 1.53. The van der Waals surface area contributed by atoms with Gasteiger partial charge in [-0.15, -0.1) is 0 Å². The molecule has 188 valence electrons. The van der Waals surface area contributed by atoms with Crippen molar-refractivity contribution in [3.8, 4) is 23.7 Å². The Morgan fingerprint density at radius 2 is 1.56 bits per heavy atom. The van der Waals surface area contributed by atoms with Gasteiger partial charge in [-0.1, -0.05) is 24.0 Å². The lowest BCUT2D eigenvalue weighted by Crippen LogP contribution is -2.62. The van der Waals surface area contributed by atoms with Crippen LogP contribution in [0.25, 0.3) is 0 Å². The van der Waals surface area contributed by atoms with E-state index in [2.05, 4.69) is 34.3 Å². The van der Waals surface area contributed by atoms with E-state index in [0.717, 1.165) is 19.6 Å². The number of methoxy groups -OCH3 is 1. The Kier molecular flexibility index (Phi) is 9.93. The second-order valence-corrected chi connectivity index (χ2v) is 7.56. The standard InChI is InChI=1S/C25H24F2N4O5/c1-25(36-2,23(26)27)20(22(33)31-35)30-21(32)19-13-11-17(12-14-19)6-4-3-5-16-7-9-18(10-8-16)15-29-24(28)34/h7-14,20,23,35H,15H2,1-2H3,(H,30,32)(H,31,33)(H3,28,29,34)/t20-,25?/m1/s1. The van der Waals surface area contributed by atoms with Crippen LogP contribution in [0.15, 0.2) is 48.5 Å². The largest absolute Gasteiger partial charge is 0.370 e. The lowest BCUT2D eigenvalue weighted by atomic mass is 9.95. The predicted molar refractivity (Wildman–Crippen MR) is 126 cm³/mol. The maximum atomic E-state index is 13.5. The van der Waals surface area contributed by atoms with E-state index >= 15 is 0 Å². The Bertz CT molecular complexity index is 1210. The minimum Gasteiger partial charge on any atom is -0.370 e. The number of urea groups is 1. The Morgan fingerprint density at radius 3 is 2.00 bits per heavy atom. The minimum absolute atomic E-state index is 0.0704. The summed E-state index contributed by atoms with van der Waals surface area (Å²) < 4.78 is 31.7. The number of primary amides is 1. The van der Waals surface area contributed by atoms with Crippen LogP contribution in [0.1, 0.15) is 34.0 Å². The maximum Gasteiger partial charge on any atom is 0.312 e. The first-order valence-electron chi connectivity index (χ1n) is 10.4. The van der Waals surface area contributed by atoms with Gasteiger partial charge in [0.15, 0.2) is 5.60 Å². The summed E-state index contributed by atoms with van der Waals surface area (Å²) >= 11 is 0. The molecule has 2 rings (SSSR count). The molecule has 0 radical (unpaired) electrons. The molecule has 0 aromatic heterocycles. The van der Waals surface area contributed by atoms with Crippen LogP contribution < -0.4 is 21.8 Å². The summed E-state index contributed by atoms with van der Waals surface area (Å²) in [6, 6.07) is 10.5. The zero-order chi connectivity index (χ0) is 26.7. The van der Waals surface area contributed by atoms with Gasteiger partial charge in [0.25, 0.3) is 18.2 Å². The summed E-state index contributed by atoms with van der Waals surface area (Å²) in [4.78, 5) is 35.2. The molecule has 11 heteroatoms. The molecule has 2 aromatic carbocycles. The number of alkyl halides is 2. The smallest absolute Gasteiger partial charge is 0.312 e. The van der Waals surface area contributed by atoms with Crippen LogP contribution >= 0.6 is 0 Å². The highest BCUT2D eigenvalue weighted by atomic mass is 19.3. The van der Waals surface area contributed by atoms with Crippen LogP contribution in [0.3, 0.4) is 0 Å². The van der Waals surface area contributed by atoms with Gasteiger partial charge >= 0.3 is 6.03 Å². The van der Waals surface area contributed by atoms with Crippen molar-refractivity contribution in [1.29, 1.82) is 0 Å². The number of nitrogens with two attached hydrogens (primary N) is 1. The van der Waals surface area contributed by atoms with E-state index in [1.54, 1.807) is 24.3 Å². The monoisotopic (exact) mass is 498 g/mol. The van der Waals surface area contributed by atoms with Gasteiger partial charge in [0.2, 0.25) is 0 Å². The van der Waals surface area contributed by atoms with Crippen LogP contribution in [-0.2, 0) is 16.1 Å². The van der Waals surface area contributed by atoms with Crippen LogP contribution in [0.2, 0.25) is 0 Å². The van der Waals surface area contributed by atoms with E-state index in [-0.39, 0.29) is 5.56 Å². The third-order valence-corrected chi connectivity index (χ3v) is 5.14. The van der Waals surface area contributed by atoms with Gasteiger partial charge in [-0.2, -0.15) is 0 Å². The minimum atomic E-state index is -3.14. The molecular formula is C25H24F2N4O5. The number of benzene rings is 2. The average molecular weight is 498 g/mol. The summed E-state index contributed by atoms with van der Waals surface area (Å²) in [5, 5.41) is 13.5. The average Bonchev–Trinajstić information content (AvgIpc) is 2.88. The number of hydrogen-bond acceptors (Lipinski definition) is 5. The first-order valence-corrected chi connectivity index (χ1v) is 10.4. The van der Waals surface area contributed by atoms with E-state index in [1.807, 2.05) is 0 Å². The van der Waals surface area contributed by atoms with Crippen molar-refractivity contribution >= 4 is 17.8 Å². The molecule has 0 aliphatic carbocycles. The van der Waals surface area contributed by atoms with Gasteiger partial charge in [-0.25, -0.2) is 19.1 Å². The summed E-state index contributed by atoms with van der Waals surface area (Å²) in [5.41, 5.74) is 6.09. The number of carbonyl (C=O) groups excluding carboxylic acids is 3. The van der Waals surface area contributed by atoms with Gasteiger partial charge in [-0.3, -0.25) is 14.8 Å². The molecule has 4 amide bonds. The number of hydrogen-bond donors (Lipinski definition) is 5. The molecule has 0 aliphatic rings. The molecule has 2 aromatic rings. The number of carbonyl (C=O) groups is 3. The second kappa shape index (κ2) is 12.9. The number of amides is 4. The molecule has 36 heavy (non-hydrogen) atoms. The molecule has 1 unspecified atom stereocenters. The van der Waals surface area contributed by atoms with Gasteiger partial charge in [0.05, 0.1) is 0 Å². The number of nitrogens with one attached hydrogen (secondary N) is 3. The molecule has 9 nitrogen and oxygen atoms in total. The Morgan fingerprint density at radius 1 is 1.03 bits per heavy atom. The summed E-state index contributed by atoms with van der Waals surface area (Å²) in [7, 11) is 0.964. The molecule has 0 spiro atoms. The summed E-state index contributed by atoms with van der Waals surface area (Å²) in [6.45, 7) is 1.25. The van der Waals surface area contributed by atoms with Gasteiger partial charge in [-0.05, 0) is 60.7 Å². The zero-order valence-corrected chi connectivity index (χ0v) is 19.4. The molecular weight excluding hydrogens is 474 g/mol. The lowest BCUT2D eigenvalue weighted by Gasteiger charge is -2.34. The quantitative estimate of drug-likeness (QED) is 0.213. The Balaban J connectivity index is 2.06. The van der Waals surface area contributed by atoms with E-state index in [1.165, 1.54) is 29.7 Å². The fraction of sp³-hybridized carbons (Fsp3) is 0.240. The molecule has 6 N–H and O–H groups in total. The number of ether oxygens (including phenoxy) is 1. The van der Waals surface area contributed by atoms with Crippen LogP contribution in [0.5, 0.6) is 0 Å². The van der Waals surface area contributed by atoms with Crippen molar-refractivity contribution in [3.05, 3.63) is 70.8 Å². The molecule has 0 heterocycles. The zero-order valence-electron chi connectivity index (χ0n) is 19.4. The SMILES string of the molecule is COC(C)(C(F)F)[C@H](NC(=O)c1ccc(C#CC#Cc2ccc(CNC(N)=O)cc2)cc1)C(=O)NO. The maximum absolute atomic E-state index is 13.5. The Hall–Kier alpha value is -4.45. The number of hydroxylamine groups is 1. The molecule has 2 atom stereocenters. The van der Waals surface area contributed by atoms with Crippen LogP contribution in [0.4, 0.5) is 13.6 Å².